The fraction of sp³-hybridized carbons (Fsp3) is 0.167. The molecule has 1 heterocycles. The number of dihydropyridines is 1. The van der Waals surface area contributed by atoms with Crippen LogP contribution in [0.1, 0.15) is 25.3 Å². The summed E-state index contributed by atoms with van der Waals surface area (Å²) in [4.78, 5) is 26.2. The summed E-state index contributed by atoms with van der Waals surface area (Å²) >= 11 is 7.76. The Morgan fingerprint density at radius 1 is 1.00 bits per heavy atom. The first-order valence-corrected chi connectivity index (χ1v) is 13.7. The molecule has 9 heteroatoms. The van der Waals surface area contributed by atoms with Crippen LogP contribution in [0.2, 0.25) is 5.02 Å². The number of anilines is 2. The minimum Gasteiger partial charge on any atom is -0.494 e. The van der Waals surface area contributed by atoms with Crippen molar-refractivity contribution in [3.05, 3.63) is 111 Å². The number of carbonyl (C=O) groups excluding carboxylic acids is 2. The van der Waals surface area contributed by atoms with Crippen LogP contribution in [-0.4, -0.2) is 24.2 Å². The average Bonchev–Trinajstić information content (AvgIpc) is 2.93. The average molecular weight is 559 g/mol. The molecule has 4 rings (SSSR count). The highest BCUT2D eigenvalue weighted by molar-refractivity contribution is 8.03. The van der Waals surface area contributed by atoms with E-state index < -0.39 is 5.92 Å². The number of halogens is 1. The van der Waals surface area contributed by atoms with E-state index in [1.54, 1.807) is 61.5 Å². The third-order valence-electron chi connectivity index (χ3n) is 5.94. The van der Waals surface area contributed by atoms with E-state index in [1.807, 2.05) is 31.2 Å². The number of hydrogen-bond acceptors (Lipinski definition) is 6. The van der Waals surface area contributed by atoms with Gasteiger partial charge in [0.1, 0.15) is 5.75 Å². The highest BCUT2D eigenvalue weighted by atomic mass is 35.5. The molecule has 7 nitrogen and oxygen atoms in total. The number of rotatable bonds is 9. The van der Waals surface area contributed by atoms with E-state index in [0.717, 1.165) is 5.75 Å². The van der Waals surface area contributed by atoms with Gasteiger partial charge in [0.15, 0.2) is 0 Å². The third kappa shape index (κ3) is 6.82. The second-order valence-electron chi connectivity index (χ2n) is 8.59. The van der Waals surface area contributed by atoms with Crippen LogP contribution in [0.3, 0.4) is 0 Å². The van der Waals surface area contributed by atoms with Gasteiger partial charge in [-0.15, -0.1) is 0 Å². The summed E-state index contributed by atoms with van der Waals surface area (Å²) in [6, 6.07) is 25.6. The second-order valence-corrected chi connectivity index (χ2v) is 9.98. The molecule has 2 amide bonds. The van der Waals surface area contributed by atoms with E-state index >= 15 is 0 Å². The molecule has 0 saturated carbocycles. The lowest BCUT2D eigenvalue weighted by atomic mass is 9.82. The van der Waals surface area contributed by atoms with Crippen LogP contribution >= 0.6 is 23.4 Å². The molecule has 39 heavy (non-hydrogen) atoms. The van der Waals surface area contributed by atoms with Crippen molar-refractivity contribution in [2.24, 2.45) is 0 Å². The molecule has 0 radical (unpaired) electrons. The number of amides is 2. The molecule has 1 atom stereocenters. The Kier molecular flexibility index (Phi) is 9.31. The van der Waals surface area contributed by atoms with Crippen LogP contribution in [0.15, 0.2) is 101 Å². The number of allylic oxidation sites excluding steroid dienone is 2. The Morgan fingerprint density at radius 3 is 2.33 bits per heavy atom. The SMILES string of the molecule is CCOc1ccc(NC(=O)CSC2=C(C#N)C(c3ccccc3Cl)C(C(=O)Nc3ccccc3)=C(C)N2)cc1. The zero-order chi connectivity index (χ0) is 27.8. The fourth-order valence-electron chi connectivity index (χ4n) is 4.20. The summed E-state index contributed by atoms with van der Waals surface area (Å²) in [6.45, 7) is 4.24. The van der Waals surface area contributed by atoms with Crippen molar-refractivity contribution in [3.8, 4) is 11.8 Å². The monoisotopic (exact) mass is 558 g/mol. The van der Waals surface area contributed by atoms with Gasteiger partial charge >= 0.3 is 0 Å². The van der Waals surface area contributed by atoms with Crippen molar-refractivity contribution in [1.82, 2.24) is 5.32 Å². The van der Waals surface area contributed by atoms with Gasteiger partial charge < -0.3 is 20.7 Å². The first-order chi connectivity index (χ1) is 18.9. The Bertz CT molecular complexity index is 1460. The number of thioether (sulfide) groups is 1. The first-order valence-electron chi connectivity index (χ1n) is 12.3. The number of para-hydroxylation sites is 1. The molecule has 0 aliphatic carbocycles. The highest BCUT2D eigenvalue weighted by Gasteiger charge is 2.36. The Balaban J connectivity index is 1.59. The van der Waals surface area contributed by atoms with Gasteiger partial charge in [-0.2, -0.15) is 5.26 Å². The number of hydrogen-bond donors (Lipinski definition) is 3. The van der Waals surface area contributed by atoms with Crippen LogP contribution in [0.25, 0.3) is 0 Å². The van der Waals surface area contributed by atoms with Crippen LogP contribution < -0.4 is 20.7 Å². The van der Waals surface area contributed by atoms with Crippen molar-refractivity contribution in [2.45, 2.75) is 19.8 Å². The Morgan fingerprint density at radius 2 is 1.67 bits per heavy atom. The van der Waals surface area contributed by atoms with Gasteiger partial charge in [-0.25, -0.2) is 0 Å². The van der Waals surface area contributed by atoms with Crippen molar-refractivity contribution >= 4 is 46.6 Å². The molecule has 0 fully saturated rings. The van der Waals surface area contributed by atoms with Crippen LogP contribution in [-0.2, 0) is 9.59 Å². The minimum atomic E-state index is -0.717. The summed E-state index contributed by atoms with van der Waals surface area (Å²) in [7, 11) is 0. The number of nitriles is 1. The van der Waals surface area contributed by atoms with Gasteiger partial charge in [0, 0.05) is 27.7 Å². The third-order valence-corrected chi connectivity index (χ3v) is 7.30. The smallest absolute Gasteiger partial charge is 0.254 e. The highest BCUT2D eigenvalue weighted by Crippen LogP contribution is 2.43. The number of ether oxygens (including phenoxy) is 1. The predicted octanol–water partition coefficient (Wildman–Crippen LogP) is 6.45. The van der Waals surface area contributed by atoms with Gasteiger partial charge in [-0.05, 0) is 61.9 Å². The molecule has 1 aliphatic heterocycles. The first kappa shape index (κ1) is 27.8. The van der Waals surface area contributed by atoms with E-state index in [2.05, 4.69) is 22.0 Å². The normalized spacial score (nSPS) is 14.8. The lowest BCUT2D eigenvalue weighted by Crippen LogP contribution is -2.31. The molecule has 3 aromatic rings. The van der Waals surface area contributed by atoms with Crippen LogP contribution in [0.4, 0.5) is 11.4 Å². The zero-order valence-electron chi connectivity index (χ0n) is 21.5. The van der Waals surface area contributed by atoms with Gasteiger partial charge in [-0.3, -0.25) is 9.59 Å². The van der Waals surface area contributed by atoms with E-state index in [1.165, 1.54) is 11.8 Å². The molecule has 3 N–H and O–H groups in total. The number of benzene rings is 3. The maximum atomic E-state index is 13.5. The summed E-state index contributed by atoms with van der Waals surface area (Å²) in [5.74, 6) is -0.528. The molecule has 198 valence electrons. The fourth-order valence-corrected chi connectivity index (χ4v) is 5.34. The summed E-state index contributed by atoms with van der Waals surface area (Å²) in [6.07, 6.45) is 0. The maximum absolute atomic E-state index is 13.5. The summed E-state index contributed by atoms with van der Waals surface area (Å²) in [5.41, 5.74) is 3.17. The second kappa shape index (κ2) is 13.1. The molecule has 0 bridgehead atoms. The quantitative estimate of drug-likeness (QED) is 0.279. The molecular formula is C30H27ClN4O3S. The topological polar surface area (TPSA) is 103 Å². The Labute approximate surface area is 236 Å². The number of nitrogens with zero attached hydrogens (tertiary/aromatic N) is 1. The summed E-state index contributed by atoms with van der Waals surface area (Å²) in [5, 5.41) is 20.2. The largest absolute Gasteiger partial charge is 0.494 e. The molecule has 1 aliphatic rings. The van der Waals surface area contributed by atoms with Gasteiger partial charge in [0.25, 0.3) is 5.91 Å². The van der Waals surface area contributed by atoms with Gasteiger partial charge in [0.05, 0.1) is 34.9 Å². The van der Waals surface area contributed by atoms with Crippen molar-refractivity contribution < 1.29 is 14.3 Å². The van der Waals surface area contributed by atoms with E-state index in [-0.39, 0.29) is 17.6 Å². The lowest BCUT2D eigenvalue weighted by Gasteiger charge is -2.30. The van der Waals surface area contributed by atoms with Gasteiger partial charge in [-0.1, -0.05) is 59.8 Å². The van der Waals surface area contributed by atoms with Crippen LogP contribution in [0.5, 0.6) is 5.75 Å². The molecule has 0 spiro atoms. The maximum Gasteiger partial charge on any atom is 0.254 e. The van der Waals surface area contributed by atoms with E-state index in [9.17, 15) is 14.9 Å². The molecule has 0 aromatic heterocycles. The Hall–Kier alpha value is -4.19. The molecular weight excluding hydrogens is 532 g/mol. The number of carbonyl (C=O) groups is 2. The molecule has 1 unspecified atom stereocenters. The van der Waals surface area contributed by atoms with E-state index in [4.69, 9.17) is 16.3 Å². The number of nitrogens with one attached hydrogen (secondary N) is 3. The van der Waals surface area contributed by atoms with E-state index in [0.29, 0.717) is 50.4 Å². The predicted molar refractivity (Wildman–Crippen MR) is 156 cm³/mol. The van der Waals surface area contributed by atoms with Crippen molar-refractivity contribution in [1.29, 1.82) is 5.26 Å². The molecule has 0 saturated heterocycles. The minimum absolute atomic E-state index is 0.0504. The lowest BCUT2D eigenvalue weighted by molar-refractivity contribution is -0.114. The van der Waals surface area contributed by atoms with Crippen molar-refractivity contribution in [2.75, 3.05) is 23.0 Å². The van der Waals surface area contributed by atoms with Gasteiger partial charge in [0.2, 0.25) is 5.91 Å². The molecule has 3 aromatic carbocycles. The summed E-state index contributed by atoms with van der Waals surface area (Å²) < 4.78 is 5.44. The van der Waals surface area contributed by atoms with Crippen molar-refractivity contribution in [3.63, 3.8) is 0 Å². The van der Waals surface area contributed by atoms with Crippen LogP contribution in [0, 0.1) is 11.3 Å². The zero-order valence-corrected chi connectivity index (χ0v) is 23.0. The standard InChI is InChI=1S/C30H27ClN4O3S/c1-3-38-22-15-13-21(14-16-22)34-26(36)18-39-30-24(17-32)28(23-11-7-8-12-25(23)31)27(19(2)33-30)29(37)35-20-9-5-4-6-10-20/h4-16,28,33H,3,18H2,1-2H3,(H,34,36)(H,35,37).